The van der Waals surface area contributed by atoms with E-state index in [0.717, 1.165) is 6.08 Å². The Bertz CT molecular complexity index is 61.2. The van der Waals surface area contributed by atoms with Crippen LogP contribution in [0, 0.1) is 0 Å². The molecule has 0 fully saturated rings. The van der Waals surface area contributed by atoms with Gasteiger partial charge in [-0.1, -0.05) is 6.58 Å². The van der Waals surface area contributed by atoms with Gasteiger partial charge in [-0.15, -0.1) is 0 Å². The van der Waals surface area contributed by atoms with Crippen molar-refractivity contribution in [3.8, 4) is 0 Å². The van der Waals surface area contributed by atoms with Crippen molar-refractivity contribution < 1.29 is 15.4 Å². The number of carboxylic acids is 1. The summed E-state index contributed by atoms with van der Waals surface area (Å²) < 4.78 is 0. The summed E-state index contributed by atoms with van der Waals surface area (Å²) in [5.41, 5.74) is 0. The molecular weight excluding hydrogens is 98.0 g/mol. The first kappa shape index (κ1) is 16.5. The van der Waals surface area contributed by atoms with E-state index in [4.69, 9.17) is 5.11 Å². The average Bonchev–Trinajstić information content (AvgIpc) is 1.38. The van der Waals surface area contributed by atoms with E-state index in [9.17, 15) is 4.79 Å². The van der Waals surface area contributed by atoms with E-state index < -0.39 is 5.97 Å². The summed E-state index contributed by atoms with van der Waals surface area (Å²) in [6, 6.07) is 0. The highest BCUT2D eigenvalue weighted by Crippen LogP contribution is 1.54. The van der Waals surface area contributed by atoms with Gasteiger partial charge in [0.25, 0.3) is 0 Å². The first-order chi connectivity index (χ1) is 2.27. The van der Waals surface area contributed by atoms with Gasteiger partial charge in [-0.25, -0.2) is 4.79 Å². The monoisotopic (exact) mass is 107 g/mol. The smallest absolute Gasteiger partial charge is 0.327 e. The Morgan fingerprint density at radius 2 is 1.86 bits per heavy atom. The third-order valence-electron chi connectivity index (χ3n) is 0.175. The van der Waals surface area contributed by atoms with Gasteiger partial charge in [0.2, 0.25) is 0 Å². The standard InChI is InChI=1S/C3H4O2.H3N.H2O/c1-2-3(4)5;;/h2H,1H2,(H,4,5);1H3;1H2. The van der Waals surface area contributed by atoms with Crippen molar-refractivity contribution in [2.75, 3.05) is 0 Å². The van der Waals surface area contributed by atoms with Crippen molar-refractivity contribution in [1.29, 1.82) is 0 Å². The van der Waals surface area contributed by atoms with Crippen LogP contribution >= 0.6 is 0 Å². The molecule has 7 heavy (non-hydrogen) atoms. The van der Waals surface area contributed by atoms with Crippen LogP contribution < -0.4 is 6.15 Å². The van der Waals surface area contributed by atoms with E-state index in [-0.39, 0.29) is 11.6 Å². The van der Waals surface area contributed by atoms with E-state index in [1.165, 1.54) is 0 Å². The molecule has 0 atom stereocenters. The molecule has 0 unspecified atom stereocenters. The zero-order valence-corrected chi connectivity index (χ0v) is 3.85. The molecule has 6 N–H and O–H groups in total. The molecule has 0 aromatic rings. The molecule has 0 heterocycles. The fraction of sp³-hybridized carbons (Fsp3) is 0. The highest BCUT2D eigenvalue weighted by atomic mass is 16.4. The van der Waals surface area contributed by atoms with Gasteiger partial charge in [-0.3, -0.25) is 0 Å². The van der Waals surface area contributed by atoms with Crippen LogP contribution in [0.1, 0.15) is 0 Å². The third-order valence-corrected chi connectivity index (χ3v) is 0.175. The largest absolute Gasteiger partial charge is 0.478 e. The summed E-state index contributed by atoms with van der Waals surface area (Å²) in [7, 11) is 0. The summed E-state index contributed by atoms with van der Waals surface area (Å²) in [5.74, 6) is -0.981. The predicted octanol–water partition coefficient (Wildman–Crippen LogP) is -0.406. The highest BCUT2D eigenvalue weighted by Gasteiger charge is 1.73. The lowest BCUT2D eigenvalue weighted by Crippen LogP contribution is -1.82. The molecule has 0 amide bonds. The van der Waals surface area contributed by atoms with E-state index in [1.807, 2.05) is 0 Å². The molecule has 0 aliphatic heterocycles. The van der Waals surface area contributed by atoms with Crippen molar-refractivity contribution in [2.24, 2.45) is 0 Å². The number of aliphatic carboxylic acids is 1. The maximum Gasteiger partial charge on any atom is 0.327 e. The van der Waals surface area contributed by atoms with Crippen LogP contribution in [0.15, 0.2) is 12.7 Å². The first-order valence-corrected chi connectivity index (χ1v) is 1.12. The average molecular weight is 107 g/mol. The Labute approximate surface area is 41.4 Å². The summed E-state index contributed by atoms with van der Waals surface area (Å²) in [6.45, 7) is 2.96. The molecule has 0 bridgehead atoms. The highest BCUT2D eigenvalue weighted by molar-refractivity contribution is 5.78. The summed E-state index contributed by atoms with van der Waals surface area (Å²) in [4.78, 5) is 9.25. The second-order valence-electron chi connectivity index (χ2n) is 0.542. The van der Waals surface area contributed by atoms with Crippen LogP contribution in [0.3, 0.4) is 0 Å². The van der Waals surface area contributed by atoms with Crippen LogP contribution in [-0.2, 0) is 4.79 Å². The molecule has 0 aliphatic carbocycles. The Kier molecular flexibility index (Phi) is 21.0. The topological polar surface area (TPSA) is 104 Å². The maximum atomic E-state index is 9.25. The van der Waals surface area contributed by atoms with Crippen molar-refractivity contribution >= 4 is 5.97 Å². The van der Waals surface area contributed by atoms with Crippen molar-refractivity contribution in [2.45, 2.75) is 0 Å². The van der Waals surface area contributed by atoms with Crippen molar-refractivity contribution in [3.05, 3.63) is 12.7 Å². The number of hydrogen-bond acceptors (Lipinski definition) is 2. The molecular formula is C3H9NO3. The predicted molar refractivity (Wildman–Crippen MR) is 26.5 cm³/mol. The zero-order valence-electron chi connectivity index (χ0n) is 3.85. The first-order valence-electron chi connectivity index (χ1n) is 1.12. The quantitative estimate of drug-likeness (QED) is 0.445. The maximum absolute atomic E-state index is 9.25. The molecule has 0 aromatic carbocycles. The molecule has 0 aromatic heterocycles. The molecule has 0 radical (unpaired) electrons. The molecule has 0 saturated heterocycles. The van der Waals surface area contributed by atoms with E-state index in [1.54, 1.807) is 0 Å². The van der Waals surface area contributed by atoms with Crippen LogP contribution in [0.5, 0.6) is 0 Å². The fourth-order valence-electron chi connectivity index (χ4n) is 0. The second kappa shape index (κ2) is 8.93. The van der Waals surface area contributed by atoms with Gasteiger partial charge < -0.3 is 16.7 Å². The molecule has 0 aliphatic rings. The minimum Gasteiger partial charge on any atom is -0.478 e. The Hall–Kier alpha value is -0.870. The van der Waals surface area contributed by atoms with Crippen LogP contribution in [0.2, 0.25) is 0 Å². The Balaban J connectivity index is -0.0000000800. The van der Waals surface area contributed by atoms with Crippen molar-refractivity contribution in [1.82, 2.24) is 6.15 Å². The second-order valence-corrected chi connectivity index (χ2v) is 0.542. The minimum atomic E-state index is -0.981. The molecule has 0 spiro atoms. The number of carbonyl (C=O) groups is 1. The summed E-state index contributed by atoms with van der Waals surface area (Å²) >= 11 is 0. The van der Waals surface area contributed by atoms with Gasteiger partial charge in [0, 0.05) is 6.08 Å². The lowest BCUT2D eigenvalue weighted by Gasteiger charge is -1.64. The van der Waals surface area contributed by atoms with Gasteiger partial charge in [0.15, 0.2) is 0 Å². The normalized spacial score (nSPS) is 4.57. The molecule has 4 heteroatoms. The van der Waals surface area contributed by atoms with Crippen molar-refractivity contribution in [3.63, 3.8) is 0 Å². The Morgan fingerprint density at radius 3 is 1.86 bits per heavy atom. The minimum absolute atomic E-state index is 0. The third kappa shape index (κ3) is 39.4. The van der Waals surface area contributed by atoms with Crippen LogP contribution in [0.25, 0.3) is 0 Å². The Morgan fingerprint density at radius 1 is 1.71 bits per heavy atom. The molecule has 44 valence electrons. The number of hydrogen-bond donors (Lipinski definition) is 2. The van der Waals surface area contributed by atoms with Crippen LogP contribution in [-0.4, -0.2) is 16.6 Å². The fourth-order valence-corrected chi connectivity index (χ4v) is 0. The van der Waals surface area contributed by atoms with E-state index >= 15 is 0 Å². The summed E-state index contributed by atoms with van der Waals surface area (Å²) in [6.07, 6.45) is 0.833. The van der Waals surface area contributed by atoms with E-state index in [0.29, 0.717) is 0 Å². The van der Waals surface area contributed by atoms with Crippen LogP contribution in [0.4, 0.5) is 0 Å². The van der Waals surface area contributed by atoms with Gasteiger partial charge in [0.1, 0.15) is 0 Å². The number of carboxylic acid groups (broad SMARTS) is 1. The van der Waals surface area contributed by atoms with E-state index in [2.05, 4.69) is 6.58 Å². The molecule has 0 rings (SSSR count). The zero-order chi connectivity index (χ0) is 4.28. The van der Waals surface area contributed by atoms with Gasteiger partial charge in [0.05, 0.1) is 0 Å². The lowest BCUT2D eigenvalue weighted by molar-refractivity contribution is -0.131. The SMILES string of the molecule is C=CC(=O)O.N.O. The molecule has 4 nitrogen and oxygen atoms in total. The van der Waals surface area contributed by atoms with Gasteiger partial charge in [-0.05, 0) is 0 Å². The lowest BCUT2D eigenvalue weighted by atomic mass is 10.7. The molecule has 0 saturated carbocycles. The van der Waals surface area contributed by atoms with Gasteiger partial charge in [-0.2, -0.15) is 0 Å². The summed E-state index contributed by atoms with van der Waals surface area (Å²) in [5, 5.41) is 7.60. The van der Waals surface area contributed by atoms with Gasteiger partial charge >= 0.3 is 5.97 Å². The number of rotatable bonds is 1.